The fourth-order valence-corrected chi connectivity index (χ4v) is 2.51. The van der Waals surface area contributed by atoms with E-state index in [1.54, 1.807) is 19.1 Å². The summed E-state index contributed by atoms with van der Waals surface area (Å²) in [6, 6.07) is 6.52. The second-order valence-electron chi connectivity index (χ2n) is 5.09. The molecule has 100 valence electrons. The van der Waals surface area contributed by atoms with E-state index in [1.165, 1.54) is 6.07 Å². The summed E-state index contributed by atoms with van der Waals surface area (Å²) < 4.78 is 13.2. The normalized spacial score (nSPS) is 17.1. The molecule has 0 aliphatic carbocycles. The molecule has 3 nitrogen and oxygen atoms in total. The van der Waals surface area contributed by atoms with Crippen molar-refractivity contribution in [1.29, 1.82) is 5.26 Å². The van der Waals surface area contributed by atoms with Gasteiger partial charge in [-0.1, -0.05) is 6.07 Å². The average molecular weight is 260 g/mol. The number of hydrogen-bond acceptors (Lipinski definition) is 3. The number of benzene rings is 1. The SMILES string of the molecule is CC(=O)C1CCN(Cc2ccc(F)c(C#N)c2)CC1. The Hall–Kier alpha value is -1.73. The number of likely N-dealkylation sites (tertiary alicyclic amines) is 1. The largest absolute Gasteiger partial charge is 0.300 e. The van der Waals surface area contributed by atoms with Gasteiger partial charge in [0, 0.05) is 12.5 Å². The van der Waals surface area contributed by atoms with Gasteiger partial charge in [-0.3, -0.25) is 9.69 Å². The van der Waals surface area contributed by atoms with Crippen LogP contribution in [0.1, 0.15) is 30.9 Å². The molecule has 1 aliphatic rings. The summed E-state index contributed by atoms with van der Waals surface area (Å²) in [6.07, 6.45) is 1.78. The highest BCUT2D eigenvalue weighted by atomic mass is 19.1. The number of carbonyl (C=O) groups excluding carboxylic acids is 1. The number of nitrogens with zero attached hydrogens (tertiary/aromatic N) is 2. The lowest BCUT2D eigenvalue weighted by Gasteiger charge is -2.30. The molecule has 0 saturated carbocycles. The van der Waals surface area contributed by atoms with E-state index >= 15 is 0 Å². The third-order valence-corrected chi connectivity index (χ3v) is 3.72. The molecule has 0 spiro atoms. The van der Waals surface area contributed by atoms with E-state index < -0.39 is 5.82 Å². The van der Waals surface area contributed by atoms with E-state index in [-0.39, 0.29) is 17.3 Å². The molecular weight excluding hydrogens is 243 g/mol. The van der Waals surface area contributed by atoms with Crippen molar-refractivity contribution in [2.75, 3.05) is 13.1 Å². The van der Waals surface area contributed by atoms with Crippen LogP contribution in [0.25, 0.3) is 0 Å². The van der Waals surface area contributed by atoms with Crippen molar-refractivity contribution in [2.24, 2.45) is 5.92 Å². The van der Waals surface area contributed by atoms with Gasteiger partial charge in [-0.05, 0) is 50.6 Å². The van der Waals surface area contributed by atoms with E-state index in [9.17, 15) is 9.18 Å². The number of carbonyl (C=O) groups is 1. The van der Waals surface area contributed by atoms with Gasteiger partial charge in [-0.15, -0.1) is 0 Å². The van der Waals surface area contributed by atoms with Crippen LogP contribution in [-0.2, 0) is 11.3 Å². The molecule has 1 heterocycles. The first-order valence-electron chi connectivity index (χ1n) is 6.51. The van der Waals surface area contributed by atoms with Gasteiger partial charge in [0.05, 0.1) is 5.56 Å². The number of Topliss-reactive ketones (excluding diaryl/α,β-unsaturated/α-hetero) is 1. The van der Waals surface area contributed by atoms with Crippen LogP contribution in [0, 0.1) is 23.1 Å². The summed E-state index contributed by atoms with van der Waals surface area (Å²) in [5.41, 5.74) is 1.04. The van der Waals surface area contributed by atoms with Crippen molar-refractivity contribution in [1.82, 2.24) is 4.90 Å². The van der Waals surface area contributed by atoms with Crippen molar-refractivity contribution in [3.63, 3.8) is 0 Å². The van der Waals surface area contributed by atoms with Crippen LogP contribution in [0.5, 0.6) is 0 Å². The molecule has 19 heavy (non-hydrogen) atoms. The van der Waals surface area contributed by atoms with Gasteiger partial charge in [0.2, 0.25) is 0 Å². The number of hydrogen-bond donors (Lipinski definition) is 0. The third-order valence-electron chi connectivity index (χ3n) is 3.72. The van der Waals surface area contributed by atoms with Crippen LogP contribution in [0.3, 0.4) is 0 Å². The second kappa shape index (κ2) is 5.94. The average Bonchev–Trinajstić information content (AvgIpc) is 2.41. The van der Waals surface area contributed by atoms with Crippen molar-refractivity contribution >= 4 is 5.78 Å². The zero-order chi connectivity index (χ0) is 13.8. The Bertz CT molecular complexity index is 513. The predicted molar refractivity (Wildman–Crippen MR) is 69.8 cm³/mol. The highest BCUT2D eigenvalue weighted by Gasteiger charge is 2.22. The predicted octanol–water partition coefficient (Wildman–Crippen LogP) is 2.50. The molecule has 0 unspecified atom stereocenters. The van der Waals surface area contributed by atoms with Crippen LogP contribution in [0.15, 0.2) is 18.2 Å². The fourth-order valence-electron chi connectivity index (χ4n) is 2.51. The molecular formula is C15H17FN2O. The molecule has 1 aromatic carbocycles. The minimum Gasteiger partial charge on any atom is -0.300 e. The minimum absolute atomic E-state index is 0.0936. The van der Waals surface area contributed by atoms with Crippen molar-refractivity contribution in [3.8, 4) is 6.07 Å². The molecule has 0 atom stereocenters. The summed E-state index contributed by atoms with van der Waals surface area (Å²) in [5.74, 6) is -0.00567. The monoisotopic (exact) mass is 260 g/mol. The molecule has 0 amide bonds. The molecule has 1 fully saturated rings. The van der Waals surface area contributed by atoms with E-state index in [2.05, 4.69) is 4.90 Å². The maximum atomic E-state index is 13.2. The molecule has 0 N–H and O–H groups in total. The van der Waals surface area contributed by atoms with Gasteiger partial charge in [-0.2, -0.15) is 5.26 Å². The molecule has 0 radical (unpaired) electrons. The summed E-state index contributed by atoms with van der Waals surface area (Å²) in [7, 11) is 0. The standard InChI is InChI=1S/C15H17FN2O/c1-11(19)13-4-6-18(7-5-13)10-12-2-3-15(16)14(8-12)9-17/h2-3,8,13H,4-7,10H2,1H3. The first-order chi connectivity index (χ1) is 9.10. The van der Waals surface area contributed by atoms with Crippen LogP contribution in [0.4, 0.5) is 4.39 Å². The van der Waals surface area contributed by atoms with E-state index in [0.717, 1.165) is 31.5 Å². The third kappa shape index (κ3) is 3.39. The lowest BCUT2D eigenvalue weighted by atomic mass is 9.93. The van der Waals surface area contributed by atoms with Gasteiger partial charge in [-0.25, -0.2) is 4.39 Å². The number of piperidine rings is 1. The molecule has 2 rings (SSSR count). The number of rotatable bonds is 3. The Labute approximate surface area is 112 Å². The Kier molecular flexibility index (Phi) is 4.28. The molecule has 1 aliphatic heterocycles. The van der Waals surface area contributed by atoms with Gasteiger partial charge in [0.25, 0.3) is 0 Å². The number of nitriles is 1. The molecule has 0 bridgehead atoms. The van der Waals surface area contributed by atoms with E-state index in [0.29, 0.717) is 6.54 Å². The van der Waals surface area contributed by atoms with E-state index in [1.807, 2.05) is 6.07 Å². The number of ketones is 1. The number of halogens is 1. The van der Waals surface area contributed by atoms with Crippen molar-refractivity contribution < 1.29 is 9.18 Å². The molecule has 1 aromatic rings. The maximum Gasteiger partial charge on any atom is 0.140 e. The first kappa shape index (κ1) is 13.7. The lowest BCUT2D eigenvalue weighted by Crippen LogP contribution is -2.35. The smallest absolute Gasteiger partial charge is 0.140 e. The summed E-state index contributed by atoms with van der Waals surface area (Å²) >= 11 is 0. The highest BCUT2D eigenvalue weighted by Crippen LogP contribution is 2.20. The lowest BCUT2D eigenvalue weighted by molar-refractivity contribution is -0.122. The molecule has 1 saturated heterocycles. The zero-order valence-corrected chi connectivity index (χ0v) is 11.0. The zero-order valence-electron chi connectivity index (χ0n) is 11.0. The van der Waals surface area contributed by atoms with E-state index in [4.69, 9.17) is 5.26 Å². The van der Waals surface area contributed by atoms with Crippen LogP contribution < -0.4 is 0 Å². The topological polar surface area (TPSA) is 44.1 Å². The fraction of sp³-hybridized carbons (Fsp3) is 0.467. The van der Waals surface area contributed by atoms with Crippen LogP contribution in [-0.4, -0.2) is 23.8 Å². The van der Waals surface area contributed by atoms with Gasteiger partial charge < -0.3 is 0 Å². The van der Waals surface area contributed by atoms with Gasteiger partial charge in [0.15, 0.2) is 0 Å². The summed E-state index contributed by atoms with van der Waals surface area (Å²) in [6.45, 7) is 4.12. The molecule has 0 aromatic heterocycles. The first-order valence-corrected chi connectivity index (χ1v) is 6.51. The Morgan fingerprint density at radius 2 is 2.16 bits per heavy atom. The summed E-state index contributed by atoms with van der Waals surface area (Å²) in [4.78, 5) is 13.5. The maximum absolute atomic E-state index is 13.2. The van der Waals surface area contributed by atoms with Crippen LogP contribution in [0.2, 0.25) is 0 Å². The Morgan fingerprint density at radius 1 is 1.47 bits per heavy atom. The molecule has 4 heteroatoms. The van der Waals surface area contributed by atoms with Crippen molar-refractivity contribution in [2.45, 2.75) is 26.3 Å². The van der Waals surface area contributed by atoms with Gasteiger partial charge >= 0.3 is 0 Å². The Balaban J connectivity index is 1.96. The quantitative estimate of drug-likeness (QED) is 0.838. The van der Waals surface area contributed by atoms with Crippen molar-refractivity contribution in [3.05, 3.63) is 35.1 Å². The summed E-state index contributed by atoms with van der Waals surface area (Å²) in [5, 5.41) is 8.80. The minimum atomic E-state index is -0.471. The second-order valence-corrected chi connectivity index (χ2v) is 5.09. The highest BCUT2D eigenvalue weighted by molar-refractivity contribution is 5.78. The van der Waals surface area contributed by atoms with Gasteiger partial charge in [0.1, 0.15) is 17.7 Å². The van der Waals surface area contributed by atoms with Crippen LogP contribution >= 0.6 is 0 Å². The Morgan fingerprint density at radius 3 is 2.74 bits per heavy atom.